The summed E-state index contributed by atoms with van der Waals surface area (Å²) < 4.78 is 25.8. The van der Waals surface area contributed by atoms with Crippen molar-refractivity contribution in [3.05, 3.63) is 29.8 Å². The van der Waals surface area contributed by atoms with Gasteiger partial charge in [-0.2, -0.15) is 0 Å². The number of carbonyl (C=O) groups excluding carboxylic acids is 1. The lowest BCUT2D eigenvalue weighted by molar-refractivity contribution is 0.0268. The van der Waals surface area contributed by atoms with E-state index in [0.29, 0.717) is 24.2 Å². The van der Waals surface area contributed by atoms with Crippen LogP contribution in [0, 0.1) is 0 Å². The number of benzene rings is 1. The van der Waals surface area contributed by atoms with Crippen molar-refractivity contribution in [2.45, 2.75) is 50.7 Å². The van der Waals surface area contributed by atoms with Crippen molar-refractivity contribution in [3.63, 3.8) is 0 Å². The third-order valence-corrected chi connectivity index (χ3v) is 7.13. The van der Waals surface area contributed by atoms with Gasteiger partial charge in [0.2, 0.25) is 10.0 Å². The fourth-order valence-corrected chi connectivity index (χ4v) is 5.39. The molecule has 138 valence electrons. The molecule has 1 aromatic carbocycles. The van der Waals surface area contributed by atoms with Crippen LogP contribution in [-0.4, -0.2) is 55.8 Å². The second-order valence-electron chi connectivity index (χ2n) is 6.98. The molecule has 1 saturated heterocycles. The molecule has 25 heavy (non-hydrogen) atoms. The van der Waals surface area contributed by atoms with Gasteiger partial charge in [-0.15, -0.1) is 0 Å². The van der Waals surface area contributed by atoms with Crippen LogP contribution in [0.25, 0.3) is 0 Å². The molecule has 1 aliphatic heterocycles. The highest BCUT2D eigenvalue weighted by molar-refractivity contribution is 7.92. The first-order valence-corrected chi connectivity index (χ1v) is 10.6. The van der Waals surface area contributed by atoms with Gasteiger partial charge in [0.05, 0.1) is 23.6 Å². The van der Waals surface area contributed by atoms with Crippen molar-refractivity contribution >= 4 is 21.6 Å². The summed E-state index contributed by atoms with van der Waals surface area (Å²) in [6.07, 6.45) is 4.64. The first-order valence-electron chi connectivity index (χ1n) is 8.96. The van der Waals surface area contributed by atoms with E-state index < -0.39 is 16.1 Å². The molecular formula is C18H26N2O4S. The van der Waals surface area contributed by atoms with E-state index in [4.69, 9.17) is 0 Å². The second kappa shape index (κ2) is 7.33. The van der Waals surface area contributed by atoms with Crippen molar-refractivity contribution in [2.75, 3.05) is 23.7 Å². The molecule has 2 atom stereocenters. The number of sulfonamides is 1. The van der Waals surface area contributed by atoms with Crippen LogP contribution in [0.15, 0.2) is 24.3 Å². The maximum absolute atomic E-state index is 12.7. The number of nitrogens with zero attached hydrogens (tertiary/aromatic N) is 2. The van der Waals surface area contributed by atoms with Crippen molar-refractivity contribution in [3.8, 4) is 0 Å². The van der Waals surface area contributed by atoms with E-state index in [2.05, 4.69) is 0 Å². The minimum absolute atomic E-state index is 0.140. The Bertz CT molecular complexity index is 717. The Hall–Kier alpha value is -1.60. The Morgan fingerprint density at radius 1 is 1.12 bits per heavy atom. The molecule has 6 nitrogen and oxygen atoms in total. The summed E-state index contributed by atoms with van der Waals surface area (Å²) in [4.78, 5) is 14.3. The topological polar surface area (TPSA) is 77.9 Å². The van der Waals surface area contributed by atoms with Crippen LogP contribution in [0.3, 0.4) is 0 Å². The largest absolute Gasteiger partial charge is 0.391 e. The normalized spacial score (nSPS) is 26.2. The highest BCUT2D eigenvalue weighted by Gasteiger charge is 2.30. The zero-order chi connectivity index (χ0) is 18.0. The van der Waals surface area contributed by atoms with E-state index in [9.17, 15) is 18.3 Å². The highest BCUT2D eigenvalue weighted by Crippen LogP contribution is 2.26. The Balaban J connectivity index is 1.74. The molecule has 2 fully saturated rings. The van der Waals surface area contributed by atoms with E-state index in [1.165, 1.54) is 4.31 Å². The molecule has 0 radical (unpaired) electrons. The standard InChI is InChI=1S/C18H26N2O4S/c1-19(16-6-2-3-7-17(16)21)18(22)14-8-10-15(11-9-14)20-12-4-5-13-25(20,23)24/h8-11,16-17,21H,2-7,12-13H2,1H3/t16-,17-/m0/s1. The zero-order valence-corrected chi connectivity index (χ0v) is 15.4. The van der Waals surface area contributed by atoms with Gasteiger partial charge in [-0.25, -0.2) is 8.42 Å². The molecule has 1 aliphatic carbocycles. The van der Waals surface area contributed by atoms with Crippen molar-refractivity contribution in [1.29, 1.82) is 0 Å². The third kappa shape index (κ3) is 3.82. The van der Waals surface area contributed by atoms with Crippen LogP contribution < -0.4 is 4.31 Å². The zero-order valence-electron chi connectivity index (χ0n) is 14.6. The predicted octanol–water partition coefficient (Wildman–Crippen LogP) is 1.99. The van der Waals surface area contributed by atoms with Crippen LogP contribution >= 0.6 is 0 Å². The molecule has 0 unspecified atom stereocenters. The lowest BCUT2D eigenvalue weighted by Crippen LogP contribution is -2.46. The predicted molar refractivity (Wildman–Crippen MR) is 97.2 cm³/mol. The first-order chi connectivity index (χ1) is 11.9. The SMILES string of the molecule is CN(C(=O)c1ccc(N2CCCCS2(=O)=O)cc1)[C@H]1CCCC[C@@H]1O. The molecule has 1 aromatic rings. The number of amides is 1. The first kappa shape index (κ1) is 18.2. The summed E-state index contributed by atoms with van der Waals surface area (Å²) in [5.74, 6) is 0.0368. The van der Waals surface area contributed by atoms with Gasteiger partial charge in [-0.05, 0) is 49.9 Å². The van der Waals surface area contributed by atoms with Crippen molar-refractivity contribution < 1.29 is 18.3 Å². The van der Waals surface area contributed by atoms with Gasteiger partial charge >= 0.3 is 0 Å². The quantitative estimate of drug-likeness (QED) is 0.887. The number of aliphatic hydroxyl groups excluding tert-OH is 1. The molecule has 1 N–H and O–H groups in total. The smallest absolute Gasteiger partial charge is 0.253 e. The maximum Gasteiger partial charge on any atom is 0.253 e. The molecule has 0 aromatic heterocycles. The molecule has 3 rings (SSSR count). The van der Waals surface area contributed by atoms with Gasteiger partial charge in [-0.1, -0.05) is 12.8 Å². The van der Waals surface area contributed by atoms with Crippen LogP contribution in [0.4, 0.5) is 5.69 Å². The Morgan fingerprint density at radius 2 is 1.80 bits per heavy atom. The van der Waals surface area contributed by atoms with Gasteiger partial charge in [0.25, 0.3) is 5.91 Å². The molecule has 7 heteroatoms. The lowest BCUT2D eigenvalue weighted by atomic mass is 9.91. The molecular weight excluding hydrogens is 340 g/mol. The number of rotatable bonds is 3. The summed E-state index contributed by atoms with van der Waals surface area (Å²) in [6, 6.07) is 6.59. The van der Waals surface area contributed by atoms with E-state index in [0.717, 1.165) is 32.1 Å². The maximum atomic E-state index is 12.7. The van der Waals surface area contributed by atoms with E-state index >= 15 is 0 Å². The van der Waals surface area contributed by atoms with Gasteiger partial charge in [-0.3, -0.25) is 9.10 Å². The fraction of sp³-hybridized carbons (Fsp3) is 0.611. The average Bonchev–Trinajstić information content (AvgIpc) is 2.61. The summed E-state index contributed by atoms with van der Waals surface area (Å²) >= 11 is 0. The third-order valence-electron chi connectivity index (χ3n) is 5.26. The van der Waals surface area contributed by atoms with Gasteiger partial charge < -0.3 is 10.0 Å². The van der Waals surface area contributed by atoms with Crippen LogP contribution in [0.5, 0.6) is 0 Å². The van der Waals surface area contributed by atoms with Crippen LogP contribution in [-0.2, 0) is 10.0 Å². The molecule has 0 bridgehead atoms. The molecule has 1 saturated carbocycles. The Morgan fingerprint density at radius 3 is 2.44 bits per heavy atom. The van der Waals surface area contributed by atoms with Crippen LogP contribution in [0.2, 0.25) is 0 Å². The molecule has 2 aliphatic rings. The van der Waals surface area contributed by atoms with E-state index in [-0.39, 0.29) is 17.7 Å². The minimum atomic E-state index is -3.25. The van der Waals surface area contributed by atoms with E-state index in [1.54, 1.807) is 36.2 Å². The Labute approximate surface area is 149 Å². The lowest BCUT2D eigenvalue weighted by Gasteiger charge is -2.35. The highest BCUT2D eigenvalue weighted by atomic mass is 32.2. The van der Waals surface area contributed by atoms with Crippen molar-refractivity contribution in [2.24, 2.45) is 0 Å². The molecule has 1 amide bonds. The summed E-state index contributed by atoms with van der Waals surface area (Å²) in [6.45, 7) is 0.490. The van der Waals surface area contributed by atoms with Crippen LogP contribution in [0.1, 0.15) is 48.9 Å². The number of hydrogen-bond donors (Lipinski definition) is 1. The van der Waals surface area contributed by atoms with Gasteiger partial charge in [0, 0.05) is 19.2 Å². The number of carbonyl (C=O) groups is 1. The summed E-state index contributed by atoms with van der Waals surface area (Å²) in [5.41, 5.74) is 1.12. The average molecular weight is 366 g/mol. The number of aliphatic hydroxyl groups is 1. The number of likely N-dealkylation sites (N-methyl/N-ethyl adjacent to an activating group) is 1. The summed E-state index contributed by atoms with van der Waals surface area (Å²) in [5, 5.41) is 10.1. The monoisotopic (exact) mass is 366 g/mol. The minimum Gasteiger partial charge on any atom is -0.391 e. The van der Waals surface area contributed by atoms with E-state index in [1.807, 2.05) is 0 Å². The van der Waals surface area contributed by atoms with Gasteiger partial charge in [0.15, 0.2) is 0 Å². The van der Waals surface area contributed by atoms with Crippen molar-refractivity contribution in [1.82, 2.24) is 4.90 Å². The summed E-state index contributed by atoms with van der Waals surface area (Å²) in [7, 11) is -1.52. The number of hydrogen-bond acceptors (Lipinski definition) is 4. The Kier molecular flexibility index (Phi) is 5.34. The molecule has 0 spiro atoms. The fourth-order valence-electron chi connectivity index (χ4n) is 3.75. The second-order valence-corrected chi connectivity index (χ2v) is 8.99. The van der Waals surface area contributed by atoms with Gasteiger partial charge in [0.1, 0.15) is 0 Å². The molecule has 1 heterocycles. The number of anilines is 1.